The van der Waals surface area contributed by atoms with Gasteiger partial charge in [-0.2, -0.15) is 4.39 Å². The number of hydrogen-bond acceptors (Lipinski definition) is 1. The van der Waals surface area contributed by atoms with E-state index in [-0.39, 0.29) is 10.6 Å². The van der Waals surface area contributed by atoms with Gasteiger partial charge in [0.2, 0.25) is 5.95 Å². The topological polar surface area (TPSA) is 17.8 Å². The fourth-order valence-corrected chi connectivity index (χ4v) is 1.43. The lowest BCUT2D eigenvalue weighted by atomic mass is 10.9. The number of imidazole rings is 1. The van der Waals surface area contributed by atoms with E-state index in [1.54, 1.807) is 7.05 Å². The summed E-state index contributed by atoms with van der Waals surface area (Å²) >= 11 is 5.98. The molecule has 1 rings (SSSR count). The summed E-state index contributed by atoms with van der Waals surface area (Å²) in [5, 5.41) is 0. The van der Waals surface area contributed by atoms with Gasteiger partial charge < -0.3 is 0 Å². The van der Waals surface area contributed by atoms with Gasteiger partial charge in [0.15, 0.2) is 9.34 Å². The van der Waals surface area contributed by atoms with Gasteiger partial charge in [0.25, 0.3) is 0 Å². The highest BCUT2D eigenvalue weighted by atomic mass is 79.9. The van der Waals surface area contributed by atoms with Crippen molar-refractivity contribution < 1.29 is 4.39 Å². The molecule has 0 N–H and O–H groups in total. The number of aromatic nitrogens is 2. The number of halogens is 3. The summed E-state index contributed by atoms with van der Waals surface area (Å²) in [7, 11) is 1.58. The van der Waals surface area contributed by atoms with Gasteiger partial charge in [-0.1, -0.05) is 0 Å². The van der Waals surface area contributed by atoms with Gasteiger partial charge in [-0.25, -0.2) is 4.98 Å². The Morgan fingerprint density at radius 2 is 2.11 bits per heavy atom. The van der Waals surface area contributed by atoms with Crippen LogP contribution >= 0.6 is 31.9 Å². The molecule has 0 radical (unpaired) electrons. The van der Waals surface area contributed by atoms with Gasteiger partial charge in [0.1, 0.15) is 0 Å². The van der Waals surface area contributed by atoms with E-state index >= 15 is 0 Å². The molecule has 0 aromatic carbocycles. The Hall–Kier alpha value is 0.1000. The van der Waals surface area contributed by atoms with Crippen molar-refractivity contribution in [1.29, 1.82) is 0 Å². The standard InChI is InChI=1S/C4H3Br2FN2/c1-9-3(7)2(5)8-4(9)6/h1H3. The van der Waals surface area contributed by atoms with Gasteiger partial charge in [-0.3, -0.25) is 4.57 Å². The molecule has 0 saturated carbocycles. The van der Waals surface area contributed by atoms with Crippen LogP contribution in [0.15, 0.2) is 9.34 Å². The zero-order chi connectivity index (χ0) is 7.02. The Morgan fingerprint density at radius 1 is 1.56 bits per heavy atom. The van der Waals surface area contributed by atoms with Crippen LogP contribution in [-0.4, -0.2) is 9.55 Å². The predicted molar refractivity (Wildman–Crippen MR) is 38.6 cm³/mol. The van der Waals surface area contributed by atoms with Crippen LogP contribution in [0.3, 0.4) is 0 Å². The van der Waals surface area contributed by atoms with Crippen molar-refractivity contribution in [1.82, 2.24) is 9.55 Å². The van der Waals surface area contributed by atoms with Crippen molar-refractivity contribution in [3.05, 3.63) is 15.3 Å². The van der Waals surface area contributed by atoms with Gasteiger partial charge in [-0.15, -0.1) is 0 Å². The zero-order valence-electron chi connectivity index (χ0n) is 4.53. The maximum Gasteiger partial charge on any atom is 0.228 e. The minimum atomic E-state index is -0.373. The molecule has 1 aromatic rings. The Balaban J connectivity index is 3.29. The Bertz CT molecular complexity index is 210. The fourth-order valence-electron chi connectivity index (χ4n) is 0.422. The van der Waals surface area contributed by atoms with E-state index < -0.39 is 0 Å². The Morgan fingerprint density at radius 3 is 2.22 bits per heavy atom. The number of nitrogens with zero attached hydrogens (tertiary/aromatic N) is 2. The normalized spacial score (nSPS) is 10.2. The molecule has 1 heterocycles. The summed E-state index contributed by atoms with van der Waals surface area (Å²) in [6.07, 6.45) is 0. The average molecular weight is 258 g/mol. The van der Waals surface area contributed by atoms with Crippen LogP contribution in [0.2, 0.25) is 0 Å². The Kier molecular flexibility index (Phi) is 1.91. The molecule has 0 spiro atoms. The van der Waals surface area contributed by atoms with E-state index in [0.717, 1.165) is 0 Å². The fraction of sp³-hybridized carbons (Fsp3) is 0.250. The molecule has 2 nitrogen and oxygen atoms in total. The van der Waals surface area contributed by atoms with E-state index in [1.807, 2.05) is 0 Å². The molecule has 0 saturated heterocycles. The molecule has 0 unspecified atom stereocenters. The quantitative estimate of drug-likeness (QED) is 0.696. The van der Waals surface area contributed by atoms with Crippen molar-refractivity contribution >= 4 is 31.9 Å². The first-order chi connectivity index (χ1) is 4.13. The SMILES string of the molecule is Cn1c(Br)nc(Br)c1F. The first-order valence-corrected chi connectivity index (χ1v) is 3.74. The van der Waals surface area contributed by atoms with Crippen LogP contribution in [0.4, 0.5) is 4.39 Å². The summed E-state index contributed by atoms with van der Waals surface area (Å²) in [6.45, 7) is 0. The lowest BCUT2D eigenvalue weighted by Crippen LogP contribution is -1.90. The summed E-state index contributed by atoms with van der Waals surface area (Å²) < 4.78 is 14.6. The first kappa shape index (κ1) is 7.21. The molecule has 0 amide bonds. The third-order valence-electron chi connectivity index (χ3n) is 0.932. The molecule has 50 valence electrons. The molecule has 0 atom stereocenters. The largest absolute Gasteiger partial charge is 0.298 e. The van der Waals surface area contributed by atoms with E-state index in [4.69, 9.17) is 0 Å². The van der Waals surface area contributed by atoms with Crippen molar-refractivity contribution in [3.63, 3.8) is 0 Å². The third-order valence-corrected chi connectivity index (χ3v) is 2.15. The van der Waals surface area contributed by atoms with Crippen molar-refractivity contribution in [2.75, 3.05) is 0 Å². The first-order valence-electron chi connectivity index (χ1n) is 2.16. The highest BCUT2D eigenvalue weighted by molar-refractivity contribution is 9.11. The lowest BCUT2D eigenvalue weighted by Gasteiger charge is -1.89. The molecule has 1 aromatic heterocycles. The molecular weight excluding hydrogens is 255 g/mol. The Labute approximate surface area is 68.3 Å². The summed E-state index contributed by atoms with van der Waals surface area (Å²) in [6, 6.07) is 0. The molecule has 0 fully saturated rings. The average Bonchev–Trinajstić information content (AvgIpc) is 1.98. The van der Waals surface area contributed by atoms with Crippen LogP contribution in [0.25, 0.3) is 0 Å². The maximum atomic E-state index is 12.6. The maximum absolute atomic E-state index is 12.6. The zero-order valence-corrected chi connectivity index (χ0v) is 7.70. The van der Waals surface area contributed by atoms with Gasteiger partial charge in [0, 0.05) is 7.05 Å². The van der Waals surface area contributed by atoms with Gasteiger partial charge in [0.05, 0.1) is 0 Å². The number of hydrogen-bond donors (Lipinski definition) is 0. The molecular formula is C4H3Br2FN2. The number of rotatable bonds is 0. The van der Waals surface area contributed by atoms with Crippen molar-refractivity contribution in [3.8, 4) is 0 Å². The second kappa shape index (κ2) is 2.38. The highest BCUT2D eigenvalue weighted by Crippen LogP contribution is 2.17. The third kappa shape index (κ3) is 1.16. The van der Waals surface area contributed by atoms with E-state index in [1.165, 1.54) is 4.57 Å². The van der Waals surface area contributed by atoms with E-state index in [0.29, 0.717) is 4.73 Å². The second-order valence-electron chi connectivity index (χ2n) is 1.52. The monoisotopic (exact) mass is 256 g/mol. The van der Waals surface area contributed by atoms with Crippen LogP contribution in [0.5, 0.6) is 0 Å². The van der Waals surface area contributed by atoms with Crippen LogP contribution in [0.1, 0.15) is 0 Å². The van der Waals surface area contributed by atoms with Crippen molar-refractivity contribution in [2.24, 2.45) is 7.05 Å². The van der Waals surface area contributed by atoms with Crippen molar-refractivity contribution in [2.45, 2.75) is 0 Å². The lowest BCUT2D eigenvalue weighted by molar-refractivity contribution is 0.526. The molecule has 0 bridgehead atoms. The minimum Gasteiger partial charge on any atom is -0.298 e. The smallest absolute Gasteiger partial charge is 0.228 e. The molecule has 0 aliphatic carbocycles. The van der Waals surface area contributed by atoms with E-state index in [2.05, 4.69) is 36.8 Å². The molecule has 0 aliphatic heterocycles. The predicted octanol–water partition coefficient (Wildman–Crippen LogP) is 2.08. The molecule has 0 aliphatic rings. The summed E-state index contributed by atoms with van der Waals surface area (Å²) in [4.78, 5) is 3.73. The minimum absolute atomic E-state index is 0.233. The van der Waals surface area contributed by atoms with Crippen LogP contribution in [-0.2, 0) is 7.05 Å². The van der Waals surface area contributed by atoms with Crippen LogP contribution < -0.4 is 0 Å². The van der Waals surface area contributed by atoms with Gasteiger partial charge >= 0.3 is 0 Å². The highest BCUT2D eigenvalue weighted by Gasteiger charge is 2.08. The molecule has 9 heavy (non-hydrogen) atoms. The van der Waals surface area contributed by atoms with E-state index in [9.17, 15) is 4.39 Å². The molecule has 5 heteroatoms. The second-order valence-corrected chi connectivity index (χ2v) is 2.98. The van der Waals surface area contributed by atoms with Crippen LogP contribution in [0, 0.1) is 5.95 Å². The van der Waals surface area contributed by atoms with Gasteiger partial charge in [-0.05, 0) is 31.9 Å². The summed E-state index contributed by atoms with van der Waals surface area (Å²) in [5.74, 6) is -0.373. The summed E-state index contributed by atoms with van der Waals surface area (Å²) in [5.41, 5.74) is 0.